The lowest BCUT2D eigenvalue weighted by Gasteiger charge is -2.50. The van der Waals surface area contributed by atoms with Crippen molar-refractivity contribution in [3.05, 3.63) is 58.9 Å². The standard InChI is InChI=1S/C21H20ClN3O4/c1-13(2)24-19(27)15-5-3-4-6-16(15)25-18(26)9-10-21(24,25)20(28)29-12-14-7-8-17(22)23-11-14/h3-8,11,13H,9-10,12H2,1-2H3. The van der Waals surface area contributed by atoms with E-state index in [0.29, 0.717) is 22.0 Å². The molecule has 0 spiro atoms. The number of anilines is 1. The zero-order chi connectivity index (χ0) is 20.8. The number of pyridine rings is 1. The molecule has 1 saturated heterocycles. The van der Waals surface area contributed by atoms with Gasteiger partial charge in [0.15, 0.2) is 0 Å². The molecule has 0 saturated carbocycles. The van der Waals surface area contributed by atoms with Crippen molar-refractivity contribution >= 4 is 35.1 Å². The molecule has 29 heavy (non-hydrogen) atoms. The highest BCUT2D eigenvalue weighted by molar-refractivity contribution is 6.29. The summed E-state index contributed by atoms with van der Waals surface area (Å²) in [5.74, 6) is -1.12. The Bertz CT molecular complexity index is 992. The zero-order valence-corrected chi connectivity index (χ0v) is 16.8. The first kappa shape index (κ1) is 19.4. The molecule has 2 aliphatic heterocycles. The topological polar surface area (TPSA) is 79.8 Å². The minimum absolute atomic E-state index is 0.0332. The monoisotopic (exact) mass is 413 g/mol. The highest BCUT2D eigenvalue weighted by atomic mass is 35.5. The number of aromatic nitrogens is 1. The molecule has 0 radical (unpaired) electrons. The van der Waals surface area contributed by atoms with E-state index < -0.39 is 11.6 Å². The van der Waals surface area contributed by atoms with Gasteiger partial charge >= 0.3 is 5.97 Å². The van der Waals surface area contributed by atoms with E-state index in [9.17, 15) is 14.4 Å². The molecule has 8 heteroatoms. The van der Waals surface area contributed by atoms with Crippen LogP contribution in [0.15, 0.2) is 42.6 Å². The first-order chi connectivity index (χ1) is 13.9. The Labute approximate surface area is 173 Å². The Balaban J connectivity index is 1.75. The quantitative estimate of drug-likeness (QED) is 0.568. The van der Waals surface area contributed by atoms with Crippen molar-refractivity contribution < 1.29 is 19.1 Å². The molecule has 2 aliphatic rings. The predicted molar refractivity (Wildman–Crippen MR) is 106 cm³/mol. The van der Waals surface area contributed by atoms with Crippen LogP contribution in [-0.4, -0.2) is 39.4 Å². The number of carbonyl (C=O) groups is 3. The van der Waals surface area contributed by atoms with E-state index >= 15 is 0 Å². The van der Waals surface area contributed by atoms with Gasteiger partial charge in [-0.3, -0.25) is 14.5 Å². The number of amides is 2. The van der Waals surface area contributed by atoms with Crippen LogP contribution in [0.5, 0.6) is 0 Å². The van der Waals surface area contributed by atoms with Crippen LogP contribution >= 0.6 is 11.6 Å². The summed E-state index contributed by atoms with van der Waals surface area (Å²) in [5.41, 5.74) is 0.0220. The first-order valence-corrected chi connectivity index (χ1v) is 9.77. The molecule has 150 valence electrons. The Morgan fingerprint density at radius 1 is 1.24 bits per heavy atom. The molecule has 1 atom stereocenters. The maximum absolute atomic E-state index is 13.4. The average molecular weight is 414 g/mol. The third-order valence-corrected chi connectivity index (χ3v) is 5.52. The molecular formula is C21H20ClN3O4. The van der Waals surface area contributed by atoms with Gasteiger partial charge in [-0.05, 0) is 32.0 Å². The summed E-state index contributed by atoms with van der Waals surface area (Å²) in [6.07, 6.45) is 1.86. The molecule has 0 aliphatic carbocycles. The van der Waals surface area contributed by atoms with Crippen LogP contribution in [0.1, 0.15) is 42.6 Å². The van der Waals surface area contributed by atoms with Crippen LogP contribution in [0, 0.1) is 0 Å². The lowest BCUT2D eigenvalue weighted by molar-refractivity contribution is -0.159. The van der Waals surface area contributed by atoms with E-state index in [-0.39, 0.29) is 37.3 Å². The van der Waals surface area contributed by atoms with Gasteiger partial charge in [-0.1, -0.05) is 29.8 Å². The molecule has 1 unspecified atom stereocenters. The number of fused-ring (bicyclic) bond motifs is 3. The smallest absolute Gasteiger partial charge is 0.354 e. The van der Waals surface area contributed by atoms with Gasteiger partial charge in [0, 0.05) is 30.6 Å². The van der Waals surface area contributed by atoms with Crippen LogP contribution in [-0.2, 0) is 20.9 Å². The highest BCUT2D eigenvalue weighted by Gasteiger charge is 2.62. The number of para-hydroxylation sites is 1. The summed E-state index contributed by atoms with van der Waals surface area (Å²) in [7, 11) is 0. The van der Waals surface area contributed by atoms with Crippen molar-refractivity contribution in [2.24, 2.45) is 0 Å². The maximum Gasteiger partial charge on any atom is 0.354 e. The normalized spacial score (nSPS) is 20.7. The fraction of sp³-hybridized carbons (Fsp3) is 0.333. The van der Waals surface area contributed by atoms with E-state index in [0.717, 1.165) is 0 Å². The molecule has 3 heterocycles. The van der Waals surface area contributed by atoms with E-state index in [4.69, 9.17) is 16.3 Å². The van der Waals surface area contributed by atoms with Crippen LogP contribution in [0.2, 0.25) is 5.15 Å². The van der Waals surface area contributed by atoms with Gasteiger partial charge in [0.2, 0.25) is 11.6 Å². The number of esters is 1. The number of ether oxygens (including phenoxy) is 1. The summed E-state index contributed by atoms with van der Waals surface area (Å²) in [5, 5.41) is 0.340. The molecule has 0 N–H and O–H groups in total. The molecule has 7 nitrogen and oxygen atoms in total. The van der Waals surface area contributed by atoms with Gasteiger partial charge in [0.25, 0.3) is 5.91 Å². The van der Waals surface area contributed by atoms with Gasteiger partial charge in [0.1, 0.15) is 11.8 Å². The third kappa shape index (κ3) is 2.97. The van der Waals surface area contributed by atoms with Crippen LogP contribution in [0.3, 0.4) is 0 Å². The molecule has 2 amide bonds. The second-order valence-corrected chi connectivity index (χ2v) is 7.78. The molecular weight excluding hydrogens is 394 g/mol. The maximum atomic E-state index is 13.4. The minimum atomic E-state index is -1.49. The lowest BCUT2D eigenvalue weighted by atomic mass is 9.95. The Kier molecular flexibility index (Phi) is 4.78. The number of benzene rings is 1. The fourth-order valence-corrected chi connectivity index (χ4v) is 4.24. The summed E-state index contributed by atoms with van der Waals surface area (Å²) in [6.45, 7) is 3.62. The molecule has 4 rings (SSSR count). The number of halogens is 1. The SMILES string of the molecule is CC(C)N1C(=O)c2ccccc2N2C(=O)CCC21C(=O)OCc1ccc(Cl)nc1. The van der Waals surface area contributed by atoms with Gasteiger partial charge in [-0.2, -0.15) is 0 Å². The Morgan fingerprint density at radius 3 is 2.69 bits per heavy atom. The van der Waals surface area contributed by atoms with Crippen molar-refractivity contribution in [1.82, 2.24) is 9.88 Å². The van der Waals surface area contributed by atoms with Gasteiger partial charge in [-0.15, -0.1) is 0 Å². The molecule has 1 fully saturated rings. The number of hydrogen-bond donors (Lipinski definition) is 0. The minimum Gasteiger partial charge on any atom is -0.458 e. The van der Waals surface area contributed by atoms with Crippen molar-refractivity contribution in [1.29, 1.82) is 0 Å². The predicted octanol–water partition coefficient (Wildman–Crippen LogP) is 3.17. The van der Waals surface area contributed by atoms with E-state index in [1.54, 1.807) is 36.4 Å². The lowest BCUT2D eigenvalue weighted by Crippen LogP contribution is -2.70. The third-order valence-electron chi connectivity index (χ3n) is 5.30. The molecule has 1 aromatic heterocycles. The van der Waals surface area contributed by atoms with Crippen molar-refractivity contribution in [3.8, 4) is 0 Å². The first-order valence-electron chi connectivity index (χ1n) is 9.39. The van der Waals surface area contributed by atoms with Crippen LogP contribution in [0.25, 0.3) is 0 Å². The summed E-state index contributed by atoms with van der Waals surface area (Å²) in [6, 6.07) is 9.86. The average Bonchev–Trinajstić information content (AvgIpc) is 3.05. The Morgan fingerprint density at radius 2 is 2.00 bits per heavy atom. The summed E-state index contributed by atoms with van der Waals surface area (Å²) in [4.78, 5) is 46.4. The fourth-order valence-electron chi connectivity index (χ4n) is 4.13. The van der Waals surface area contributed by atoms with Crippen molar-refractivity contribution in [3.63, 3.8) is 0 Å². The van der Waals surface area contributed by atoms with Gasteiger partial charge in [-0.25, -0.2) is 9.78 Å². The summed E-state index contributed by atoms with van der Waals surface area (Å²) >= 11 is 5.79. The van der Waals surface area contributed by atoms with E-state index in [1.165, 1.54) is 16.0 Å². The van der Waals surface area contributed by atoms with E-state index in [2.05, 4.69) is 4.98 Å². The van der Waals surface area contributed by atoms with E-state index in [1.807, 2.05) is 13.8 Å². The molecule has 0 bridgehead atoms. The van der Waals surface area contributed by atoms with Crippen molar-refractivity contribution in [2.75, 3.05) is 4.90 Å². The summed E-state index contributed by atoms with van der Waals surface area (Å²) < 4.78 is 5.59. The second-order valence-electron chi connectivity index (χ2n) is 7.40. The zero-order valence-electron chi connectivity index (χ0n) is 16.1. The number of nitrogens with zero attached hydrogens (tertiary/aromatic N) is 3. The Hall–Kier alpha value is -2.93. The van der Waals surface area contributed by atoms with Crippen LogP contribution in [0.4, 0.5) is 5.69 Å². The molecule has 1 aromatic carbocycles. The van der Waals surface area contributed by atoms with Crippen LogP contribution < -0.4 is 4.90 Å². The molecule has 2 aromatic rings. The van der Waals surface area contributed by atoms with Gasteiger partial charge < -0.3 is 9.64 Å². The van der Waals surface area contributed by atoms with Crippen molar-refractivity contribution in [2.45, 2.75) is 45.0 Å². The number of hydrogen-bond acceptors (Lipinski definition) is 5. The highest BCUT2D eigenvalue weighted by Crippen LogP contribution is 2.46. The number of carbonyl (C=O) groups excluding carboxylic acids is 3. The largest absolute Gasteiger partial charge is 0.458 e. The number of rotatable bonds is 4. The van der Waals surface area contributed by atoms with Gasteiger partial charge in [0.05, 0.1) is 11.3 Å². The second kappa shape index (κ2) is 7.15.